The Hall–Kier alpha value is -2.64. The summed E-state index contributed by atoms with van der Waals surface area (Å²) >= 11 is 0. The predicted octanol–water partition coefficient (Wildman–Crippen LogP) is 2.96. The Balaban J connectivity index is 2.04. The SMILES string of the molecule is CCOC(CCC1(C(N)=O)C=C(C(=O)NC)C2=C(C1)C(C)(c1ccccc1)CO2)OCC. The molecule has 1 aromatic carbocycles. The number of amides is 2. The highest BCUT2D eigenvalue weighted by atomic mass is 16.7. The topological polar surface area (TPSA) is 99.9 Å². The van der Waals surface area contributed by atoms with Gasteiger partial charge in [0.25, 0.3) is 5.91 Å². The molecule has 32 heavy (non-hydrogen) atoms. The zero-order valence-corrected chi connectivity index (χ0v) is 19.4. The van der Waals surface area contributed by atoms with Crippen LogP contribution in [0.1, 0.15) is 45.6 Å². The Kier molecular flexibility index (Phi) is 7.41. The lowest BCUT2D eigenvalue weighted by Crippen LogP contribution is -2.42. The summed E-state index contributed by atoms with van der Waals surface area (Å²) in [6.45, 7) is 7.29. The summed E-state index contributed by atoms with van der Waals surface area (Å²) in [7, 11) is 1.56. The van der Waals surface area contributed by atoms with Crippen molar-refractivity contribution in [2.45, 2.75) is 51.7 Å². The molecule has 2 amide bonds. The molecule has 7 nitrogen and oxygen atoms in total. The van der Waals surface area contributed by atoms with E-state index in [2.05, 4.69) is 12.2 Å². The Bertz CT molecular complexity index is 904. The quantitative estimate of drug-likeness (QED) is 0.543. The van der Waals surface area contributed by atoms with E-state index in [1.807, 2.05) is 44.2 Å². The second-order valence-electron chi connectivity index (χ2n) is 8.51. The van der Waals surface area contributed by atoms with Crippen LogP contribution in [-0.4, -0.2) is 45.0 Å². The van der Waals surface area contributed by atoms with Gasteiger partial charge >= 0.3 is 0 Å². The molecule has 3 rings (SSSR count). The van der Waals surface area contributed by atoms with Crippen LogP contribution in [-0.2, 0) is 29.2 Å². The summed E-state index contributed by atoms with van der Waals surface area (Å²) in [6.07, 6.45) is 2.52. The zero-order chi connectivity index (χ0) is 23.4. The third-order valence-electron chi connectivity index (χ3n) is 6.51. The number of likely N-dealkylation sites (N-methyl/N-ethyl adjacent to an activating group) is 1. The lowest BCUT2D eigenvalue weighted by molar-refractivity contribution is -0.145. The summed E-state index contributed by atoms with van der Waals surface area (Å²) in [4.78, 5) is 25.7. The lowest BCUT2D eigenvalue weighted by Gasteiger charge is -2.37. The fourth-order valence-electron chi connectivity index (χ4n) is 4.64. The van der Waals surface area contributed by atoms with Crippen LogP contribution >= 0.6 is 0 Å². The first-order chi connectivity index (χ1) is 15.3. The van der Waals surface area contributed by atoms with Gasteiger partial charge in [0.15, 0.2) is 6.29 Å². The zero-order valence-electron chi connectivity index (χ0n) is 19.4. The molecule has 7 heteroatoms. The standard InChI is InChI=1S/C25H34N2O5/c1-5-30-20(31-6-2)12-13-25(23(26)29)14-18(22(28)27-4)21-19(15-25)24(3,16-32-21)17-10-8-7-9-11-17/h7-11,14,20H,5-6,12-13,15-16H2,1-4H3,(H2,26,29)(H,27,28). The largest absolute Gasteiger partial charge is 0.492 e. The normalized spacial score (nSPS) is 24.7. The highest BCUT2D eigenvalue weighted by molar-refractivity contribution is 6.00. The van der Waals surface area contributed by atoms with E-state index in [0.29, 0.717) is 50.4 Å². The van der Waals surface area contributed by atoms with E-state index in [1.165, 1.54) is 0 Å². The van der Waals surface area contributed by atoms with E-state index in [4.69, 9.17) is 19.9 Å². The van der Waals surface area contributed by atoms with Gasteiger partial charge in [-0.05, 0) is 51.2 Å². The minimum atomic E-state index is -1.04. The predicted molar refractivity (Wildman–Crippen MR) is 121 cm³/mol. The molecule has 1 aliphatic carbocycles. The van der Waals surface area contributed by atoms with Crippen LogP contribution in [0.15, 0.2) is 53.3 Å². The molecular weight excluding hydrogens is 408 g/mol. The number of ether oxygens (including phenoxy) is 3. The number of hydrogen-bond donors (Lipinski definition) is 2. The highest BCUT2D eigenvalue weighted by Crippen LogP contribution is 2.52. The molecule has 0 spiro atoms. The van der Waals surface area contributed by atoms with Gasteiger partial charge in [-0.3, -0.25) is 9.59 Å². The molecule has 0 saturated carbocycles. The first-order valence-corrected chi connectivity index (χ1v) is 11.2. The van der Waals surface area contributed by atoms with Crippen molar-refractivity contribution in [3.8, 4) is 0 Å². The molecule has 1 aliphatic heterocycles. The van der Waals surface area contributed by atoms with Crippen LogP contribution in [0.25, 0.3) is 0 Å². The molecule has 0 fully saturated rings. The minimum Gasteiger partial charge on any atom is -0.492 e. The molecule has 2 aliphatic rings. The van der Waals surface area contributed by atoms with E-state index in [1.54, 1.807) is 13.1 Å². The maximum Gasteiger partial charge on any atom is 0.254 e. The van der Waals surface area contributed by atoms with Crippen molar-refractivity contribution in [3.63, 3.8) is 0 Å². The molecule has 174 valence electrons. The number of nitrogens with one attached hydrogen (secondary N) is 1. The van der Waals surface area contributed by atoms with Gasteiger partial charge in [-0.2, -0.15) is 0 Å². The minimum absolute atomic E-state index is 0.300. The smallest absolute Gasteiger partial charge is 0.254 e. The Morgan fingerprint density at radius 3 is 2.41 bits per heavy atom. The van der Waals surface area contributed by atoms with Crippen LogP contribution in [0.4, 0.5) is 0 Å². The maximum atomic E-state index is 12.9. The third kappa shape index (κ3) is 4.45. The summed E-state index contributed by atoms with van der Waals surface area (Å²) < 4.78 is 17.4. The molecule has 0 bridgehead atoms. The first kappa shape index (κ1) is 24.0. The van der Waals surface area contributed by atoms with Crippen LogP contribution in [0.5, 0.6) is 0 Å². The van der Waals surface area contributed by atoms with Gasteiger partial charge in [0.05, 0.1) is 16.4 Å². The van der Waals surface area contributed by atoms with Gasteiger partial charge in [-0.15, -0.1) is 0 Å². The van der Waals surface area contributed by atoms with Gasteiger partial charge in [-0.1, -0.05) is 36.4 Å². The highest BCUT2D eigenvalue weighted by Gasteiger charge is 2.50. The fraction of sp³-hybridized carbons (Fsp3) is 0.520. The number of rotatable bonds is 10. The third-order valence-corrected chi connectivity index (χ3v) is 6.51. The van der Waals surface area contributed by atoms with Crippen LogP contribution in [0, 0.1) is 5.41 Å². The van der Waals surface area contributed by atoms with Crippen LogP contribution in [0.2, 0.25) is 0 Å². The summed E-state index contributed by atoms with van der Waals surface area (Å²) in [6, 6.07) is 10.0. The molecule has 3 N–H and O–H groups in total. The summed E-state index contributed by atoms with van der Waals surface area (Å²) in [5.41, 5.74) is 6.83. The van der Waals surface area contributed by atoms with Gasteiger partial charge in [0.1, 0.15) is 12.4 Å². The van der Waals surface area contributed by atoms with Gasteiger partial charge in [0, 0.05) is 20.3 Å². The second kappa shape index (κ2) is 9.88. The summed E-state index contributed by atoms with van der Waals surface area (Å²) in [5.74, 6) is -0.218. The lowest BCUT2D eigenvalue weighted by atomic mass is 9.65. The number of carbonyl (C=O) groups excluding carboxylic acids is 2. The molecule has 1 aromatic rings. The number of hydrogen-bond acceptors (Lipinski definition) is 5. The molecular formula is C25H34N2O5. The van der Waals surface area contributed by atoms with E-state index in [9.17, 15) is 9.59 Å². The molecule has 0 radical (unpaired) electrons. The molecule has 2 atom stereocenters. The van der Waals surface area contributed by atoms with Crippen molar-refractivity contribution >= 4 is 11.8 Å². The number of benzene rings is 1. The van der Waals surface area contributed by atoms with E-state index in [-0.39, 0.29) is 5.91 Å². The van der Waals surface area contributed by atoms with Gasteiger partial charge in [-0.25, -0.2) is 0 Å². The maximum absolute atomic E-state index is 12.9. The molecule has 1 heterocycles. The van der Waals surface area contributed by atoms with Crippen molar-refractivity contribution in [1.29, 1.82) is 0 Å². The van der Waals surface area contributed by atoms with Crippen molar-refractivity contribution in [1.82, 2.24) is 5.32 Å². The van der Waals surface area contributed by atoms with Gasteiger partial charge in [0.2, 0.25) is 5.91 Å². The molecule has 0 aromatic heterocycles. The van der Waals surface area contributed by atoms with Crippen LogP contribution < -0.4 is 11.1 Å². The van der Waals surface area contributed by atoms with E-state index in [0.717, 1.165) is 11.1 Å². The Morgan fingerprint density at radius 1 is 1.19 bits per heavy atom. The van der Waals surface area contributed by atoms with Crippen molar-refractivity contribution < 1.29 is 23.8 Å². The fourth-order valence-corrected chi connectivity index (χ4v) is 4.64. The summed E-state index contributed by atoms with van der Waals surface area (Å²) in [5, 5.41) is 2.67. The number of primary amides is 1. The average Bonchev–Trinajstić information content (AvgIpc) is 3.14. The molecule has 0 saturated heterocycles. The van der Waals surface area contributed by atoms with Crippen molar-refractivity contribution in [2.75, 3.05) is 26.9 Å². The Labute approximate surface area is 190 Å². The second-order valence-corrected chi connectivity index (χ2v) is 8.51. The van der Waals surface area contributed by atoms with E-state index < -0.39 is 23.0 Å². The average molecular weight is 443 g/mol. The first-order valence-electron chi connectivity index (χ1n) is 11.2. The van der Waals surface area contributed by atoms with Crippen molar-refractivity contribution in [3.05, 3.63) is 58.9 Å². The van der Waals surface area contributed by atoms with Crippen molar-refractivity contribution in [2.24, 2.45) is 11.1 Å². The number of carbonyl (C=O) groups is 2. The molecule has 2 unspecified atom stereocenters. The number of nitrogens with two attached hydrogens (primary N) is 1. The van der Waals surface area contributed by atoms with E-state index >= 15 is 0 Å². The Morgan fingerprint density at radius 2 is 1.84 bits per heavy atom. The van der Waals surface area contributed by atoms with Crippen LogP contribution in [0.3, 0.4) is 0 Å². The van der Waals surface area contributed by atoms with Gasteiger partial charge < -0.3 is 25.3 Å². The monoisotopic (exact) mass is 442 g/mol.